The maximum absolute atomic E-state index is 12.9. The number of rotatable bonds is 5. The lowest BCUT2D eigenvalue weighted by atomic mass is 10.1. The van der Waals surface area contributed by atoms with Crippen LogP contribution in [0.15, 0.2) is 53.4 Å². The zero-order chi connectivity index (χ0) is 22.9. The highest BCUT2D eigenvalue weighted by molar-refractivity contribution is 7.92. The number of benzene rings is 2. The number of nitrogens with zero attached hydrogens (tertiary/aromatic N) is 4. The summed E-state index contributed by atoms with van der Waals surface area (Å²) in [5.74, 6) is 0.884. The monoisotopic (exact) mass is 451 g/mol. The third kappa shape index (κ3) is 4.76. The highest BCUT2D eigenvalue weighted by Gasteiger charge is 2.19. The molecule has 1 aliphatic heterocycles. The largest absolute Gasteiger partial charge is 0.353 e. The molecular weight excluding hydrogens is 422 g/mol. The summed E-state index contributed by atoms with van der Waals surface area (Å²) in [5.41, 5.74) is 4.90. The van der Waals surface area contributed by atoms with Gasteiger partial charge in [0.15, 0.2) is 5.82 Å². The topological polar surface area (TPSA) is 78.4 Å². The number of aromatic nitrogens is 2. The molecule has 2 aromatic carbocycles. The summed E-state index contributed by atoms with van der Waals surface area (Å²) in [6.07, 6.45) is 0. The van der Waals surface area contributed by atoms with Crippen LogP contribution < -0.4 is 9.62 Å². The lowest BCUT2D eigenvalue weighted by Crippen LogP contribution is -2.44. The first-order valence-electron chi connectivity index (χ1n) is 10.7. The van der Waals surface area contributed by atoms with E-state index < -0.39 is 10.0 Å². The van der Waals surface area contributed by atoms with Gasteiger partial charge in [0, 0.05) is 37.4 Å². The van der Waals surface area contributed by atoms with Gasteiger partial charge in [-0.1, -0.05) is 18.2 Å². The molecule has 0 radical (unpaired) electrons. The summed E-state index contributed by atoms with van der Waals surface area (Å²) in [6, 6.07) is 14.8. The lowest BCUT2D eigenvalue weighted by Gasteiger charge is -2.32. The van der Waals surface area contributed by atoms with E-state index in [1.54, 1.807) is 18.2 Å². The van der Waals surface area contributed by atoms with Crippen molar-refractivity contribution in [2.75, 3.05) is 42.8 Å². The summed E-state index contributed by atoms with van der Waals surface area (Å²) in [7, 11) is -1.55. The SMILES string of the molecule is Cc1cc(C)c(S(=O)(=O)Nc2ccc(-c3ccc(N4CCN(C)CC4)nn3)cc2)cc1C. The normalized spacial score (nSPS) is 15.1. The fourth-order valence-electron chi connectivity index (χ4n) is 3.83. The van der Waals surface area contributed by atoms with Crippen LogP contribution in [-0.2, 0) is 10.0 Å². The van der Waals surface area contributed by atoms with E-state index in [1.807, 2.05) is 51.1 Å². The van der Waals surface area contributed by atoms with Crippen LogP contribution in [-0.4, -0.2) is 56.7 Å². The van der Waals surface area contributed by atoms with Gasteiger partial charge in [-0.3, -0.25) is 4.72 Å². The average molecular weight is 452 g/mol. The van der Waals surface area contributed by atoms with E-state index in [2.05, 4.69) is 31.8 Å². The van der Waals surface area contributed by atoms with Crippen molar-refractivity contribution in [3.8, 4) is 11.3 Å². The van der Waals surface area contributed by atoms with Crippen LogP contribution in [0.2, 0.25) is 0 Å². The van der Waals surface area contributed by atoms with E-state index in [4.69, 9.17) is 0 Å². The Bertz CT molecular complexity index is 1200. The molecule has 0 atom stereocenters. The molecule has 1 N–H and O–H groups in total. The molecule has 4 rings (SSSR count). The zero-order valence-corrected chi connectivity index (χ0v) is 19.8. The van der Waals surface area contributed by atoms with Crippen LogP contribution in [0.5, 0.6) is 0 Å². The van der Waals surface area contributed by atoms with Gasteiger partial charge < -0.3 is 9.80 Å². The molecule has 1 aliphatic rings. The van der Waals surface area contributed by atoms with E-state index in [1.165, 1.54) is 0 Å². The highest BCUT2D eigenvalue weighted by atomic mass is 32.2. The van der Waals surface area contributed by atoms with E-state index in [0.29, 0.717) is 10.6 Å². The molecule has 3 aromatic rings. The molecule has 8 heteroatoms. The van der Waals surface area contributed by atoms with Crippen molar-refractivity contribution in [2.45, 2.75) is 25.7 Å². The Balaban J connectivity index is 1.48. The predicted octanol–water partition coefficient (Wildman–Crippen LogP) is 3.62. The molecule has 0 aliphatic carbocycles. The van der Waals surface area contributed by atoms with Crippen LogP contribution >= 0.6 is 0 Å². The summed E-state index contributed by atoms with van der Waals surface area (Å²) < 4.78 is 28.5. The van der Waals surface area contributed by atoms with Gasteiger partial charge >= 0.3 is 0 Å². The first-order valence-corrected chi connectivity index (χ1v) is 12.2. The number of sulfonamides is 1. The average Bonchev–Trinajstić information content (AvgIpc) is 2.77. The molecule has 1 saturated heterocycles. The van der Waals surface area contributed by atoms with E-state index in [-0.39, 0.29) is 0 Å². The molecule has 0 saturated carbocycles. The Morgan fingerprint density at radius 1 is 0.812 bits per heavy atom. The number of hydrogen-bond acceptors (Lipinski definition) is 6. The molecule has 0 unspecified atom stereocenters. The van der Waals surface area contributed by atoms with Gasteiger partial charge in [0.25, 0.3) is 10.0 Å². The summed E-state index contributed by atoms with van der Waals surface area (Å²) >= 11 is 0. The molecule has 0 amide bonds. The van der Waals surface area contributed by atoms with Crippen LogP contribution in [0.1, 0.15) is 16.7 Å². The molecule has 0 spiro atoms. The maximum Gasteiger partial charge on any atom is 0.262 e. The second-order valence-electron chi connectivity index (χ2n) is 8.45. The number of piperazine rings is 1. The second-order valence-corrected chi connectivity index (χ2v) is 10.1. The van der Waals surface area contributed by atoms with Gasteiger partial charge in [0.05, 0.1) is 10.6 Å². The van der Waals surface area contributed by atoms with E-state index in [0.717, 1.165) is 59.9 Å². The molecule has 32 heavy (non-hydrogen) atoms. The minimum absolute atomic E-state index is 0.301. The molecule has 1 fully saturated rings. The lowest BCUT2D eigenvalue weighted by molar-refractivity contribution is 0.312. The Kier molecular flexibility index (Phi) is 6.17. The van der Waals surface area contributed by atoms with Crippen LogP contribution in [0.3, 0.4) is 0 Å². The fraction of sp³-hybridized carbons (Fsp3) is 0.333. The first kappa shape index (κ1) is 22.2. The fourth-order valence-corrected chi connectivity index (χ4v) is 5.20. The third-order valence-corrected chi connectivity index (χ3v) is 7.51. The van der Waals surface area contributed by atoms with Gasteiger partial charge in [-0.2, -0.15) is 0 Å². The maximum atomic E-state index is 12.9. The summed E-state index contributed by atoms with van der Waals surface area (Å²) in [4.78, 5) is 4.84. The molecule has 1 aromatic heterocycles. The number of likely N-dealkylation sites (N-methyl/N-ethyl adjacent to an activating group) is 1. The van der Waals surface area contributed by atoms with Crippen molar-refractivity contribution in [3.05, 3.63) is 65.2 Å². The van der Waals surface area contributed by atoms with Crippen molar-refractivity contribution in [2.24, 2.45) is 0 Å². The Labute approximate surface area is 190 Å². The zero-order valence-electron chi connectivity index (χ0n) is 19.0. The van der Waals surface area contributed by atoms with Crippen LogP contribution in [0, 0.1) is 20.8 Å². The number of aryl methyl sites for hydroxylation is 3. The van der Waals surface area contributed by atoms with Crippen molar-refractivity contribution in [1.29, 1.82) is 0 Å². The third-order valence-electron chi connectivity index (χ3n) is 5.99. The molecule has 2 heterocycles. The van der Waals surface area contributed by atoms with Crippen molar-refractivity contribution >= 4 is 21.5 Å². The van der Waals surface area contributed by atoms with Gasteiger partial charge in [0.2, 0.25) is 0 Å². The predicted molar refractivity (Wildman–Crippen MR) is 129 cm³/mol. The minimum Gasteiger partial charge on any atom is -0.353 e. The van der Waals surface area contributed by atoms with Crippen LogP contribution in [0.4, 0.5) is 11.5 Å². The van der Waals surface area contributed by atoms with Crippen molar-refractivity contribution < 1.29 is 8.42 Å². The summed E-state index contributed by atoms with van der Waals surface area (Å²) in [6.45, 7) is 9.63. The quantitative estimate of drug-likeness (QED) is 0.638. The smallest absolute Gasteiger partial charge is 0.262 e. The Morgan fingerprint density at radius 2 is 1.47 bits per heavy atom. The number of hydrogen-bond donors (Lipinski definition) is 1. The van der Waals surface area contributed by atoms with Gasteiger partial charge in [-0.25, -0.2) is 8.42 Å². The van der Waals surface area contributed by atoms with Gasteiger partial charge in [0.1, 0.15) is 0 Å². The second kappa shape index (κ2) is 8.88. The van der Waals surface area contributed by atoms with Gasteiger partial charge in [-0.05, 0) is 74.8 Å². The van der Waals surface area contributed by atoms with Crippen molar-refractivity contribution in [1.82, 2.24) is 15.1 Å². The Morgan fingerprint density at radius 3 is 2.09 bits per heavy atom. The molecule has 0 bridgehead atoms. The molecule has 7 nitrogen and oxygen atoms in total. The van der Waals surface area contributed by atoms with E-state index >= 15 is 0 Å². The van der Waals surface area contributed by atoms with Crippen molar-refractivity contribution in [3.63, 3.8) is 0 Å². The molecule has 168 valence electrons. The summed E-state index contributed by atoms with van der Waals surface area (Å²) in [5, 5.41) is 8.78. The standard InChI is InChI=1S/C24H29N5O2S/c1-17-15-19(3)23(16-18(17)2)32(30,31)27-21-7-5-20(6-8-21)22-9-10-24(26-25-22)29-13-11-28(4)12-14-29/h5-10,15-16,27H,11-14H2,1-4H3. The number of anilines is 2. The highest BCUT2D eigenvalue weighted by Crippen LogP contribution is 2.25. The Hall–Kier alpha value is -2.97. The number of nitrogens with one attached hydrogen (secondary N) is 1. The minimum atomic E-state index is -3.67. The van der Waals surface area contributed by atoms with E-state index in [9.17, 15) is 8.42 Å². The van der Waals surface area contributed by atoms with Gasteiger partial charge in [-0.15, -0.1) is 10.2 Å². The molecular formula is C24H29N5O2S. The first-order chi connectivity index (χ1) is 15.2. The van der Waals surface area contributed by atoms with Crippen LogP contribution in [0.25, 0.3) is 11.3 Å².